The second-order valence-electron chi connectivity index (χ2n) is 5.66. The van der Waals surface area contributed by atoms with Crippen LogP contribution in [0.5, 0.6) is 5.88 Å². The van der Waals surface area contributed by atoms with Crippen LogP contribution in [0.4, 0.5) is 0 Å². The Kier molecular flexibility index (Phi) is 4.41. The molecule has 1 N–H and O–H groups in total. The van der Waals surface area contributed by atoms with E-state index in [1.807, 2.05) is 36.0 Å². The van der Waals surface area contributed by atoms with Gasteiger partial charge in [0.15, 0.2) is 0 Å². The molecule has 1 aliphatic rings. The zero-order valence-electron chi connectivity index (χ0n) is 12.5. The highest BCUT2D eigenvalue weighted by Gasteiger charge is 2.22. The molecule has 2 heterocycles. The van der Waals surface area contributed by atoms with Gasteiger partial charge in [0.2, 0.25) is 5.88 Å². The Morgan fingerprint density at radius 2 is 2.24 bits per heavy atom. The number of aryl methyl sites for hydroxylation is 1. The second kappa shape index (κ2) is 6.45. The third kappa shape index (κ3) is 3.04. The summed E-state index contributed by atoms with van der Waals surface area (Å²) >= 11 is 0. The number of para-hydroxylation sites is 1. The highest BCUT2D eigenvalue weighted by molar-refractivity contribution is 5.84. The van der Waals surface area contributed by atoms with Crippen LogP contribution in [-0.2, 0) is 7.05 Å². The van der Waals surface area contributed by atoms with Crippen LogP contribution in [0.15, 0.2) is 24.3 Å². The van der Waals surface area contributed by atoms with Crippen LogP contribution < -0.4 is 4.74 Å². The minimum Gasteiger partial charge on any atom is -0.476 e. The molecule has 1 aliphatic heterocycles. The number of rotatable bonds is 6. The molecule has 1 saturated heterocycles. The van der Waals surface area contributed by atoms with Crippen molar-refractivity contribution in [2.75, 3.05) is 26.3 Å². The van der Waals surface area contributed by atoms with E-state index in [9.17, 15) is 5.11 Å². The van der Waals surface area contributed by atoms with Crippen LogP contribution in [0, 0.1) is 0 Å². The van der Waals surface area contributed by atoms with E-state index in [1.165, 1.54) is 6.42 Å². The molecule has 0 radical (unpaired) electrons. The molecule has 0 saturated carbocycles. The van der Waals surface area contributed by atoms with Crippen molar-refractivity contribution in [1.29, 1.82) is 0 Å². The zero-order chi connectivity index (χ0) is 14.7. The van der Waals surface area contributed by atoms with Crippen molar-refractivity contribution in [2.24, 2.45) is 7.05 Å². The van der Waals surface area contributed by atoms with E-state index in [0.717, 1.165) is 36.8 Å². The second-order valence-corrected chi connectivity index (χ2v) is 5.66. The molecule has 21 heavy (non-hydrogen) atoms. The first-order chi connectivity index (χ1) is 10.3. The van der Waals surface area contributed by atoms with E-state index in [-0.39, 0.29) is 6.61 Å². The Morgan fingerprint density at radius 1 is 1.38 bits per heavy atom. The van der Waals surface area contributed by atoms with Crippen molar-refractivity contribution in [1.82, 2.24) is 14.7 Å². The fourth-order valence-corrected chi connectivity index (χ4v) is 3.12. The van der Waals surface area contributed by atoms with E-state index in [4.69, 9.17) is 4.74 Å². The molecule has 1 atom stereocenters. The van der Waals surface area contributed by atoms with E-state index in [2.05, 4.69) is 10.00 Å². The van der Waals surface area contributed by atoms with Crippen LogP contribution in [0.3, 0.4) is 0 Å². The summed E-state index contributed by atoms with van der Waals surface area (Å²) in [7, 11) is 1.94. The molecule has 0 aliphatic carbocycles. The van der Waals surface area contributed by atoms with Crippen LogP contribution in [0.2, 0.25) is 0 Å². The summed E-state index contributed by atoms with van der Waals surface area (Å²) in [5, 5.41) is 14.8. The Labute approximate surface area is 125 Å². The molecule has 3 rings (SSSR count). The van der Waals surface area contributed by atoms with E-state index in [0.29, 0.717) is 18.5 Å². The van der Waals surface area contributed by atoms with Gasteiger partial charge in [-0.15, -0.1) is 5.10 Å². The standard InChI is InChI=1S/C16H23N3O2/c1-18-15-8-3-2-7-14(15)16(17-18)21-11-5-10-19-9-4-6-13(19)12-20/h2-3,7-8,13,20H,4-6,9-12H2,1H3/t13-/m0/s1. The summed E-state index contributed by atoms with van der Waals surface area (Å²) in [5.41, 5.74) is 1.09. The summed E-state index contributed by atoms with van der Waals surface area (Å²) in [6.45, 7) is 3.01. The third-order valence-electron chi connectivity index (χ3n) is 4.26. The molecule has 1 fully saturated rings. The quantitative estimate of drug-likeness (QED) is 0.824. The molecule has 0 amide bonds. The number of benzene rings is 1. The largest absolute Gasteiger partial charge is 0.476 e. The molecule has 0 unspecified atom stereocenters. The Balaban J connectivity index is 1.53. The van der Waals surface area contributed by atoms with E-state index < -0.39 is 0 Å². The maximum atomic E-state index is 9.31. The SMILES string of the molecule is Cn1nc(OCCCN2CCC[C@H]2CO)c2ccccc21. The average molecular weight is 289 g/mol. The van der Waals surface area contributed by atoms with Crippen molar-refractivity contribution in [3.8, 4) is 5.88 Å². The van der Waals surface area contributed by atoms with Gasteiger partial charge in [0.05, 0.1) is 24.1 Å². The van der Waals surface area contributed by atoms with Gasteiger partial charge in [-0.1, -0.05) is 12.1 Å². The lowest BCUT2D eigenvalue weighted by Gasteiger charge is -2.22. The van der Waals surface area contributed by atoms with Gasteiger partial charge in [-0.2, -0.15) is 0 Å². The lowest BCUT2D eigenvalue weighted by Crippen LogP contribution is -2.33. The fourth-order valence-electron chi connectivity index (χ4n) is 3.12. The Hall–Kier alpha value is -1.59. The minimum absolute atomic E-state index is 0.270. The summed E-state index contributed by atoms with van der Waals surface area (Å²) < 4.78 is 7.70. The van der Waals surface area contributed by atoms with Crippen molar-refractivity contribution in [2.45, 2.75) is 25.3 Å². The first-order valence-electron chi connectivity index (χ1n) is 7.69. The van der Waals surface area contributed by atoms with Gasteiger partial charge >= 0.3 is 0 Å². The van der Waals surface area contributed by atoms with Gasteiger partial charge in [0.25, 0.3) is 0 Å². The molecule has 5 heteroatoms. The van der Waals surface area contributed by atoms with Gasteiger partial charge in [0, 0.05) is 19.6 Å². The maximum Gasteiger partial charge on any atom is 0.240 e. The number of fused-ring (bicyclic) bond motifs is 1. The van der Waals surface area contributed by atoms with Crippen molar-refractivity contribution >= 4 is 10.9 Å². The summed E-state index contributed by atoms with van der Waals surface area (Å²) in [6, 6.07) is 8.45. The Morgan fingerprint density at radius 3 is 3.10 bits per heavy atom. The highest BCUT2D eigenvalue weighted by atomic mass is 16.5. The van der Waals surface area contributed by atoms with Crippen LogP contribution in [0.1, 0.15) is 19.3 Å². The number of aliphatic hydroxyl groups is 1. The van der Waals surface area contributed by atoms with Crippen LogP contribution >= 0.6 is 0 Å². The number of nitrogens with zero attached hydrogens (tertiary/aromatic N) is 3. The minimum atomic E-state index is 0.270. The molecule has 114 valence electrons. The lowest BCUT2D eigenvalue weighted by atomic mass is 10.2. The fraction of sp³-hybridized carbons (Fsp3) is 0.562. The topological polar surface area (TPSA) is 50.5 Å². The van der Waals surface area contributed by atoms with Gasteiger partial charge in [-0.25, -0.2) is 0 Å². The van der Waals surface area contributed by atoms with Crippen LogP contribution in [0.25, 0.3) is 10.9 Å². The number of hydrogen-bond donors (Lipinski definition) is 1. The average Bonchev–Trinajstić information content (AvgIpc) is 3.09. The monoisotopic (exact) mass is 289 g/mol. The predicted octanol–water partition coefficient (Wildman–Crippen LogP) is 1.80. The predicted molar refractivity (Wildman–Crippen MR) is 82.5 cm³/mol. The smallest absolute Gasteiger partial charge is 0.240 e. The number of likely N-dealkylation sites (tertiary alicyclic amines) is 1. The van der Waals surface area contributed by atoms with Crippen molar-refractivity contribution in [3.05, 3.63) is 24.3 Å². The van der Waals surface area contributed by atoms with Gasteiger partial charge in [-0.3, -0.25) is 9.58 Å². The molecular formula is C16H23N3O2. The van der Waals surface area contributed by atoms with Crippen LogP contribution in [-0.4, -0.2) is 52.1 Å². The number of aliphatic hydroxyl groups excluding tert-OH is 1. The van der Waals surface area contributed by atoms with Crippen molar-refractivity contribution in [3.63, 3.8) is 0 Å². The molecule has 0 spiro atoms. The molecule has 1 aromatic carbocycles. The first kappa shape index (κ1) is 14.4. The zero-order valence-corrected chi connectivity index (χ0v) is 12.5. The molecule has 0 bridgehead atoms. The van der Waals surface area contributed by atoms with Gasteiger partial charge in [0.1, 0.15) is 0 Å². The Bertz CT molecular complexity index is 596. The number of hydrogen-bond acceptors (Lipinski definition) is 4. The van der Waals surface area contributed by atoms with E-state index in [1.54, 1.807) is 0 Å². The normalized spacial score (nSPS) is 19.4. The molecular weight excluding hydrogens is 266 g/mol. The number of aromatic nitrogens is 2. The molecule has 2 aromatic rings. The number of ether oxygens (including phenoxy) is 1. The van der Waals surface area contributed by atoms with Gasteiger partial charge < -0.3 is 9.84 Å². The maximum absolute atomic E-state index is 9.31. The summed E-state index contributed by atoms with van der Waals surface area (Å²) in [5.74, 6) is 0.716. The molecule has 5 nitrogen and oxygen atoms in total. The van der Waals surface area contributed by atoms with Gasteiger partial charge in [-0.05, 0) is 37.9 Å². The summed E-state index contributed by atoms with van der Waals surface area (Å²) in [6.07, 6.45) is 3.26. The first-order valence-corrected chi connectivity index (χ1v) is 7.69. The molecule has 1 aromatic heterocycles. The van der Waals surface area contributed by atoms with E-state index >= 15 is 0 Å². The summed E-state index contributed by atoms with van der Waals surface area (Å²) in [4.78, 5) is 2.36. The highest BCUT2D eigenvalue weighted by Crippen LogP contribution is 2.24. The van der Waals surface area contributed by atoms with Crippen molar-refractivity contribution < 1.29 is 9.84 Å². The lowest BCUT2D eigenvalue weighted by molar-refractivity contribution is 0.150. The third-order valence-corrected chi connectivity index (χ3v) is 4.26.